The molecular weight excluding hydrogens is 285 g/mol. The number of hydrogen-bond acceptors (Lipinski definition) is 3. The standard InChI is InChI=1S/C17H16FNO3/c1-11(20)12-7-8-16(22-2)13(9-12)10-17(21)19-15-6-4-3-5-14(15)18/h3-9H,10H2,1-2H3,(H,19,21). The maximum Gasteiger partial charge on any atom is 0.229 e. The van der Waals surface area contributed by atoms with E-state index in [0.29, 0.717) is 16.9 Å². The summed E-state index contributed by atoms with van der Waals surface area (Å²) >= 11 is 0. The number of hydrogen-bond donors (Lipinski definition) is 1. The van der Waals surface area contributed by atoms with Gasteiger partial charge < -0.3 is 10.1 Å². The highest BCUT2D eigenvalue weighted by molar-refractivity contribution is 5.96. The number of halogens is 1. The molecule has 114 valence electrons. The zero-order chi connectivity index (χ0) is 16.1. The molecular formula is C17H16FNO3. The van der Waals surface area contributed by atoms with E-state index in [-0.39, 0.29) is 23.8 Å². The number of amides is 1. The quantitative estimate of drug-likeness (QED) is 0.863. The Kier molecular flexibility index (Phi) is 4.88. The number of rotatable bonds is 5. The highest BCUT2D eigenvalue weighted by atomic mass is 19.1. The molecule has 0 spiro atoms. The maximum atomic E-state index is 13.5. The van der Waals surface area contributed by atoms with Crippen LogP contribution in [0.25, 0.3) is 0 Å². The Balaban J connectivity index is 2.19. The minimum absolute atomic E-state index is 0.0153. The third kappa shape index (κ3) is 3.69. The normalized spacial score (nSPS) is 10.1. The predicted molar refractivity (Wildman–Crippen MR) is 81.7 cm³/mol. The van der Waals surface area contributed by atoms with Gasteiger partial charge in [-0.05, 0) is 37.3 Å². The zero-order valence-corrected chi connectivity index (χ0v) is 12.4. The molecule has 5 heteroatoms. The van der Waals surface area contributed by atoms with Crippen LogP contribution in [0.15, 0.2) is 42.5 Å². The number of carbonyl (C=O) groups excluding carboxylic acids is 2. The largest absolute Gasteiger partial charge is 0.496 e. The summed E-state index contributed by atoms with van der Waals surface area (Å²) in [6.07, 6.45) is -0.0153. The minimum Gasteiger partial charge on any atom is -0.496 e. The van der Waals surface area contributed by atoms with Crippen LogP contribution in [-0.4, -0.2) is 18.8 Å². The average molecular weight is 301 g/mol. The first-order valence-electron chi connectivity index (χ1n) is 6.73. The lowest BCUT2D eigenvalue weighted by Gasteiger charge is -2.11. The van der Waals surface area contributed by atoms with Gasteiger partial charge in [0.15, 0.2) is 5.78 Å². The van der Waals surface area contributed by atoms with Crippen LogP contribution < -0.4 is 10.1 Å². The van der Waals surface area contributed by atoms with Crippen molar-refractivity contribution < 1.29 is 18.7 Å². The second kappa shape index (κ2) is 6.85. The molecule has 0 heterocycles. The van der Waals surface area contributed by atoms with Gasteiger partial charge in [0.25, 0.3) is 0 Å². The van der Waals surface area contributed by atoms with E-state index < -0.39 is 5.82 Å². The summed E-state index contributed by atoms with van der Waals surface area (Å²) in [5.41, 5.74) is 1.19. The summed E-state index contributed by atoms with van der Waals surface area (Å²) in [6.45, 7) is 1.45. The van der Waals surface area contributed by atoms with Gasteiger partial charge in [0, 0.05) is 11.1 Å². The molecule has 0 atom stereocenters. The first kappa shape index (κ1) is 15.7. The van der Waals surface area contributed by atoms with Crippen LogP contribution in [0.4, 0.5) is 10.1 Å². The highest BCUT2D eigenvalue weighted by Gasteiger charge is 2.12. The fraction of sp³-hybridized carbons (Fsp3) is 0.176. The molecule has 0 fully saturated rings. The number of Topliss-reactive ketones (excluding diaryl/α,β-unsaturated/α-hetero) is 1. The van der Waals surface area contributed by atoms with Crippen molar-refractivity contribution in [3.05, 3.63) is 59.4 Å². The van der Waals surface area contributed by atoms with Gasteiger partial charge in [-0.3, -0.25) is 9.59 Å². The van der Waals surface area contributed by atoms with Gasteiger partial charge in [-0.1, -0.05) is 12.1 Å². The third-order valence-corrected chi connectivity index (χ3v) is 3.19. The molecule has 1 N–H and O–H groups in total. The second-order valence-electron chi connectivity index (χ2n) is 4.79. The van der Waals surface area contributed by atoms with Crippen molar-refractivity contribution in [2.75, 3.05) is 12.4 Å². The smallest absolute Gasteiger partial charge is 0.229 e. The molecule has 0 aliphatic heterocycles. The molecule has 0 aliphatic rings. The first-order valence-corrected chi connectivity index (χ1v) is 6.73. The molecule has 2 aromatic rings. The topological polar surface area (TPSA) is 55.4 Å². The van der Waals surface area contributed by atoms with Crippen molar-refractivity contribution in [2.24, 2.45) is 0 Å². The molecule has 0 unspecified atom stereocenters. The van der Waals surface area contributed by atoms with Gasteiger partial charge in [0.2, 0.25) is 5.91 Å². The van der Waals surface area contributed by atoms with Crippen molar-refractivity contribution in [2.45, 2.75) is 13.3 Å². The van der Waals surface area contributed by atoms with Gasteiger partial charge >= 0.3 is 0 Å². The Morgan fingerprint density at radius 2 is 1.91 bits per heavy atom. The number of anilines is 1. The van der Waals surface area contributed by atoms with E-state index in [1.165, 1.54) is 26.2 Å². The van der Waals surface area contributed by atoms with Crippen molar-refractivity contribution in [3.63, 3.8) is 0 Å². The van der Waals surface area contributed by atoms with Gasteiger partial charge in [0.05, 0.1) is 19.2 Å². The van der Waals surface area contributed by atoms with E-state index in [1.807, 2.05) is 0 Å². The number of ether oxygens (including phenoxy) is 1. The van der Waals surface area contributed by atoms with E-state index in [9.17, 15) is 14.0 Å². The van der Waals surface area contributed by atoms with Crippen LogP contribution in [0, 0.1) is 5.82 Å². The zero-order valence-electron chi connectivity index (χ0n) is 12.4. The summed E-state index contributed by atoms with van der Waals surface area (Å²) in [6, 6.07) is 10.8. The third-order valence-electron chi connectivity index (χ3n) is 3.19. The molecule has 0 saturated heterocycles. The van der Waals surface area contributed by atoms with Crippen LogP contribution >= 0.6 is 0 Å². The Labute approximate surface area is 127 Å². The minimum atomic E-state index is -0.500. The van der Waals surface area contributed by atoms with E-state index >= 15 is 0 Å². The number of ketones is 1. The van der Waals surface area contributed by atoms with Crippen LogP contribution in [0.2, 0.25) is 0 Å². The van der Waals surface area contributed by atoms with Crippen molar-refractivity contribution in [1.82, 2.24) is 0 Å². The predicted octanol–water partition coefficient (Wildman–Crippen LogP) is 3.22. The number of nitrogens with one attached hydrogen (secondary N) is 1. The van der Waals surface area contributed by atoms with Crippen molar-refractivity contribution in [3.8, 4) is 5.75 Å². The number of benzene rings is 2. The molecule has 0 aliphatic carbocycles. The molecule has 0 radical (unpaired) electrons. The molecule has 0 saturated carbocycles. The summed E-state index contributed by atoms with van der Waals surface area (Å²) in [5.74, 6) is -0.475. The van der Waals surface area contributed by atoms with E-state index in [2.05, 4.69) is 5.32 Å². The molecule has 2 rings (SSSR count). The molecule has 0 aromatic heterocycles. The van der Waals surface area contributed by atoms with Gasteiger partial charge in [-0.2, -0.15) is 0 Å². The summed E-state index contributed by atoms with van der Waals surface area (Å²) in [7, 11) is 1.49. The lowest BCUT2D eigenvalue weighted by atomic mass is 10.0. The molecule has 0 bridgehead atoms. The van der Waals surface area contributed by atoms with Crippen molar-refractivity contribution >= 4 is 17.4 Å². The Bertz CT molecular complexity index is 713. The lowest BCUT2D eigenvalue weighted by Crippen LogP contribution is -2.16. The average Bonchev–Trinajstić information content (AvgIpc) is 2.49. The summed E-state index contributed by atoms with van der Waals surface area (Å²) in [4.78, 5) is 23.5. The van der Waals surface area contributed by atoms with Crippen LogP contribution in [0.1, 0.15) is 22.8 Å². The number of methoxy groups -OCH3 is 1. The molecule has 1 amide bonds. The SMILES string of the molecule is COc1ccc(C(C)=O)cc1CC(=O)Nc1ccccc1F. The highest BCUT2D eigenvalue weighted by Crippen LogP contribution is 2.22. The second-order valence-corrected chi connectivity index (χ2v) is 4.79. The molecule has 4 nitrogen and oxygen atoms in total. The Morgan fingerprint density at radius 1 is 1.18 bits per heavy atom. The van der Waals surface area contributed by atoms with Gasteiger partial charge in [0.1, 0.15) is 11.6 Å². The monoisotopic (exact) mass is 301 g/mol. The summed E-state index contributed by atoms with van der Waals surface area (Å²) < 4.78 is 18.7. The lowest BCUT2D eigenvalue weighted by molar-refractivity contribution is -0.115. The van der Waals surface area contributed by atoms with Gasteiger partial charge in [-0.15, -0.1) is 0 Å². The number of para-hydroxylation sites is 1. The fourth-order valence-electron chi connectivity index (χ4n) is 2.07. The fourth-order valence-corrected chi connectivity index (χ4v) is 2.07. The summed E-state index contributed by atoms with van der Waals surface area (Å²) in [5, 5.41) is 2.50. The number of carbonyl (C=O) groups is 2. The van der Waals surface area contributed by atoms with Gasteiger partial charge in [-0.25, -0.2) is 4.39 Å². The van der Waals surface area contributed by atoms with Crippen LogP contribution in [0.3, 0.4) is 0 Å². The van der Waals surface area contributed by atoms with E-state index in [1.54, 1.807) is 30.3 Å². The van der Waals surface area contributed by atoms with Crippen LogP contribution in [0.5, 0.6) is 5.75 Å². The first-order chi connectivity index (χ1) is 10.5. The van der Waals surface area contributed by atoms with Crippen LogP contribution in [-0.2, 0) is 11.2 Å². The van der Waals surface area contributed by atoms with E-state index in [0.717, 1.165) is 0 Å². The maximum absolute atomic E-state index is 13.5. The van der Waals surface area contributed by atoms with Crippen molar-refractivity contribution in [1.29, 1.82) is 0 Å². The van der Waals surface area contributed by atoms with E-state index in [4.69, 9.17) is 4.74 Å². The Hall–Kier alpha value is -2.69. The molecule has 22 heavy (non-hydrogen) atoms. The Morgan fingerprint density at radius 3 is 2.55 bits per heavy atom. The molecule has 2 aromatic carbocycles.